The van der Waals surface area contributed by atoms with Crippen molar-refractivity contribution in [3.63, 3.8) is 0 Å². The van der Waals surface area contributed by atoms with Gasteiger partial charge in [0.25, 0.3) is 0 Å². The zero-order valence-corrected chi connectivity index (χ0v) is 25.1. The van der Waals surface area contributed by atoms with Gasteiger partial charge in [0, 0.05) is 34.5 Å². The minimum atomic E-state index is -0.0342. The maximum absolute atomic E-state index is 4.96. The molecule has 0 amide bonds. The molecular formula is C41H30N4. The van der Waals surface area contributed by atoms with E-state index in [1.54, 1.807) is 0 Å². The fourth-order valence-electron chi connectivity index (χ4n) is 6.40. The second-order valence-corrected chi connectivity index (χ2v) is 12.0. The molecule has 8 rings (SSSR count). The van der Waals surface area contributed by atoms with Gasteiger partial charge in [-0.25, -0.2) is 15.0 Å². The number of pyridine rings is 1. The topological polar surface area (TPSA) is 51.6 Å². The number of hydrogen-bond acceptors (Lipinski definition) is 4. The Bertz CT molecular complexity index is 2150. The Labute approximate surface area is 263 Å². The van der Waals surface area contributed by atoms with Crippen LogP contribution >= 0.6 is 0 Å². The Hall–Kier alpha value is -5.74. The molecular weight excluding hydrogens is 548 g/mol. The summed E-state index contributed by atoms with van der Waals surface area (Å²) in [6.45, 7) is 4.64. The van der Waals surface area contributed by atoms with Gasteiger partial charge in [-0.15, -0.1) is 0 Å². The summed E-state index contributed by atoms with van der Waals surface area (Å²) in [6.07, 6.45) is 3.62. The van der Waals surface area contributed by atoms with E-state index in [-0.39, 0.29) is 5.41 Å². The fraction of sp³-hybridized carbons (Fsp3) is 0.0732. The van der Waals surface area contributed by atoms with Crippen molar-refractivity contribution in [1.29, 1.82) is 0 Å². The number of benzene rings is 5. The van der Waals surface area contributed by atoms with Crippen molar-refractivity contribution in [2.24, 2.45) is 0 Å². The number of nitrogens with zero attached hydrogens (tertiary/aromatic N) is 4. The van der Waals surface area contributed by atoms with Gasteiger partial charge in [-0.05, 0) is 62.7 Å². The van der Waals surface area contributed by atoms with Gasteiger partial charge in [0.1, 0.15) is 0 Å². The van der Waals surface area contributed by atoms with Crippen LogP contribution in [-0.2, 0) is 5.41 Å². The Balaban J connectivity index is 1.16. The molecule has 45 heavy (non-hydrogen) atoms. The number of aromatic nitrogens is 4. The van der Waals surface area contributed by atoms with Gasteiger partial charge in [0.05, 0.1) is 0 Å². The van der Waals surface area contributed by atoms with Gasteiger partial charge >= 0.3 is 0 Å². The molecule has 0 aliphatic heterocycles. The molecule has 0 atom stereocenters. The third-order valence-electron chi connectivity index (χ3n) is 8.88. The molecule has 7 aromatic rings. The van der Waals surface area contributed by atoms with Crippen molar-refractivity contribution in [1.82, 2.24) is 19.9 Å². The number of rotatable bonds is 5. The molecule has 0 spiro atoms. The molecule has 0 radical (unpaired) electrons. The zero-order valence-electron chi connectivity index (χ0n) is 25.1. The first-order valence-electron chi connectivity index (χ1n) is 15.2. The lowest BCUT2D eigenvalue weighted by molar-refractivity contribution is 0.660. The van der Waals surface area contributed by atoms with Crippen LogP contribution < -0.4 is 0 Å². The summed E-state index contributed by atoms with van der Waals surface area (Å²) in [5, 5.41) is 0. The van der Waals surface area contributed by atoms with Crippen molar-refractivity contribution in [3.05, 3.63) is 157 Å². The summed E-state index contributed by atoms with van der Waals surface area (Å²) in [5.41, 5.74) is 12.8. The van der Waals surface area contributed by atoms with E-state index in [4.69, 9.17) is 15.0 Å². The van der Waals surface area contributed by atoms with Gasteiger partial charge in [0.2, 0.25) is 0 Å². The summed E-state index contributed by atoms with van der Waals surface area (Å²) < 4.78 is 0. The minimum absolute atomic E-state index is 0.0342. The highest BCUT2D eigenvalue weighted by Gasteiger charge is 2.35. The summed E-state index contributed by atoms with van der Waals surface area (Å²) in [4.78, 5) is 18.9. The van der Waals surface area contributed by atoms with Crippen LogP contribution in [0.25, 0.3) is 67.5 Å². The predicted octanol–water partition coefficient (Wildman–Crippen LogP) is 9.91. The monoisotopic (exact) mass is 578 g/mol. The largest absolute Gasteiger partial charge is 0.265 e. The van der Waals surface area contributed by atoms with Gasteiger partial charge in [-0.2, -0.15) is 0 Å². The summed E-state index contributed by atoms with van der Waals surface area (Å²) in [7, 11) is 0. The molecule has 2 aromatic heterocycles. The Kier molecular flexibility index (Phi) is 6.42. The second-order valence-electron chi connectivity index (χ2n) is 12.0. The minimum Gasteiger partial charge on any atom is -0.265 e. The third kappa shape index (κ3) is 4.81. The van der Waals surface area contributed by atoms with Crippen LogP contribution in [0.1, 0.15) is 25.0 Å². The highest BCUT2D eigenvalue weighted by molar-refractivity contribution is 5.84. The van der Waals surface area contributed by atoms with Crippen LogP contribution in [0.5, 0.6) is 0 Å². The van der Waals surface area contributed by atoms with Crippen molar-refractivity contribution in [2.45, 2.75) is 19.3 Å². The maximum atomic E-state index is 4.96. The van der Waals surface area contributed by atoms with E-state index >= 15 is 0 Å². The third-order valence-corrected chi connectivity index (χ3v) is 8.88. The zero-order chi connectivity index (χ0) is 30.4. The van der Waals surface area contributed by atoms with Gasteiger partial charge in [-0.1, -0.05) is 129 Å². The Morgan fingerprint density at radius 3 is 1.44 bits per heavy atom. The van der Waals surface area contributed by atoms with Gasteiger partial charge in [-0.3, -0.25) is 4.98 Å². The van der Waals surface area contributed by atoms with Crippen molar-refractivity contribution in [2.75, 3.05) is 0 Å². The standard InChI is InChI=1S/C41H30N4/c1-41(2)36-11-7-6-10-34(36)35-21-20-33(26-37(35)41)28-14-18-32(19-15-28)40-44-38(30-8-4-3-5-9-30)43-39(45-40)31-16-12-27(13-17-31)29-22-24-42-25-23-29/h3-26H,1-2H3. The quantitative estimate of drug-likeness (QED) is 0.204. The smallest absolute Gasteiger partial charge is 0.164 e. The van der Waals surface area contributed by atoms with Crippen LogP contribution in [-0.4, -0.2) is 19.9 Å². The van der Waals surface area contributed by atoms with Crippen molar-refractivity contribution in [3.8, 4) is 67.5 Å². The Morgan fingerprint density at radius 2 is 0.822 bits per heavy atom. The Morgan fingerprint density at radius 1 is 0.378 bits per heavy atom. The SMILES string of the molecule is CC1(C)c2ccccc2-c2ccc(-c3ccc(-c4nc(-c5ccccc5)nc(-c5ccc(-c6ccncc6)cc5)n4)cc3)cc21. The van der Waals surface area contributed by atoms with Crippen LogP contribution in [0.15, 0.2) is 146 Å². The predicted molar refractivity (Wildman–Crippen MR) is 182 cm³/mol. The second kappa shape index (κ2) is 10.8. The van der Waals surface area contributed by atoms with Gasteiger partial charge in [0.15, 0.2) is 17.5 Å². The molecule has 1 aliphatic rings. The molecule has 0 fully saturated rings. The number of fused-ring (bicyclic) bond motifs is 3. The molecule has 4 nitrogen and oxygen atoms in total. The van der Waals surface area contributed by atoms with E-state index in [9.17, 15) is 0 Å². The first-order valence-corrected chi connectivity index (χ1v) is 15.2. The summed E-state index contributed by atoms with van der Waals surface area (Å²) in [5.74, 6) is 1.94. The molecule has 0 saturated heterocycles. The average molecular weight is 579 g/mol. The fourth-order valence-corrected chi connectivity index (χ4v) is 6.40. The summed E-state index contributed by atoms with van der Waals surface area (Å²) in [6, 6.07) is 46.6. The first-order chi connectivity index (χ1) is 22.0. The van der Waals surface area contributed by atoms with Crippen molar-refractivity contribution < 1.29 is 0 Å². The molecule has 0 bridgehead atoms. The normalized spacial score (nSPS) is 12.8. The van der Waals surface area contributed by atoms with E-state index in [0.29, 0.717) is 17.5 Å². The van der Waals surface area contributed by atoms with Crippen LogP contribution in [0.4, 0.5) is 0 Å². The van der Waals surface area contributed by atoms with Crippen LogP contribution in [0.2, 0.25) is 0 Å². The highest BCUT2D eigenvalue weighted by atomic mass is 15.0. The maximum Gasteiger partial charge on any atom is 0.164 e. The lowest BCUT2D eigenvalue weighted by atomic mass is 9.81. The molecule has 1 aliphatic carbocycles. The van der Waals surface area contributed by atoms with E-state index in [1.807, 2.05) is 54.9 Å². The average Bonchev–Trinajstić information content (AvgIpc) is 3.34. The lowest BCUT2D eigenvalue weighted by Crippen LogP contribution is -2.14. The molecule has 0 saturated carbocycles. The molecule has 0 unspecified atom stereocenters. The van der Waals surface area contributed by atoms with Gasteiger partial charge < -0.3 is 0 Å². The molecule has 214 valence electrons. The summed E-state index contributed by atoms with van der Waals surface area (Å²) >= 11 is 0. The van der Waals surface area contributed by atoms with E-state index in [1.165, 1.54) is 27.8 Å². The highest BCUT2D eigenvalue weighted by Crippen LogP contribution is 2.49. The number of hydrogen-bond donors (Lipinski definition) is 0. The van der Waals surface area contributed by atoms with Crippen LogP contribution in [0.3, 0.4) is 0 Å². The molecule has 4 heteroatoms. The van der Waals surface area contributed by atoms with E-state index < -0.39 is 0 Å². The molecule has 2 heterocycles. The van der Waals surface area contributed by atoms with Crippen molar-refractivity contribution >= 4 is 0 Å². The van der Waals surface area contributed by atoms with E-state index in [0.717, 1.165) is 33.4 Å². The molecule has 5 aromatic carbocycles. The van der Waals surface area contributed by atoms with E-state index in [2.05, 4.69) is 110 Å². The lowest BCUT2D eigenvalue weighted by Gasteiger charge is -2.22. The van der Waals surface area contributed by atoms with Crippen LogP contribution in [0, 0.1) is 0 Å². The molecule has 0 N–H and O–H groups in total. The first kappa shape index (κ1) is 26.9.